The van der Waals surface area contributed by atoms with E-state index in [0.29, 0.717) is 18.3 Å². The first-order valence-corrected chi connectivity index (χ1v) is 8.73. The monoisotopic (exact) mass is 326 g/mol. The van der Waals surface area contributed by atoms with Gasteiger partial charge in [-0.3, -0.25) is 4.79 Å². The van der Waals surface area contributed by atoms with Crippen LogP contribution in [0.1, 0.15) is 31.2 Å². The summed E-state index contributed by atoms with van der Waals surface area (Å²) in [7, 11) is 0. The summed E-state index contributed by atoms with van der Waals surface area (Å²) < 4.78 is 0. The van der Waals surface area contributed by atoms with Crippen molar-refractivity contribution in [1.29, 1.82) is 0 Å². The fraction of sp³-hybridized carbons (Fsp3) is 0.474. The molecule has 0 bridgehead atoms. The zero-order chi connectivity index (χ0) is 16.7. The van der Waals surface area contributed by atoms with Gasteiger partial charge in [-0.1, -0.05) is 31.0 Å². The highest BCUT2D eigenvalue weighted by molar-refractivity contribution is 5.88. The second-order valence-corrected chi connectivity index (χ2v) is 7.10. The summed E-state index contributed by atoms with van der Waals surface area (Å²) in [6, 6.07) is 6.93. The molecule has 0 radical (unpaired) electrons. The largest absolute Gasteiger partial charge is 0.480 e. The van der Waals surface area contributed by atoms with Crippen LogP contribution in [0.25, 0.3) is 10.9 Å². The minimum Gasteiger partial charge on any atom is -0.480 e. The first-order valence-electron chi connectivity index (χ1n) is 8.73. The predicted octanol–water partition coefficient (Wildman–Crippen LogP) is 2.72. The molecular formula is C19H22N2O3. The highest BCUT2D eigenvalue weighted by Crippen LogP contribution is 2.55. The van der Waals surface area contributed by atoms with Crippen LogP contribution in [-0.4, -0.2) is 28.0 Å². The Balaban J connectivity index is 1.47. The van der Waals surface area contributed by atoms with Crippen molar-refractivity contribution in [2.75, 3.05) is 0 Å². The number of aliphatic carboxylic acids is 1. The Bertz CT molecular complexity index is 770. The van der Waals surface area contributed by atoms with Gasteiger partial charge in [-0.2, -0.15) is 0 Å². The van der Waals surface area contributed by atoms with Crippen molar-refractivity contribution in [3.05, 3.63) is 36.0 Å². The number of benzene rings is 1. The number of H-pyrrole nitrogens is 1. The molecule has 2 aromatic rings. The number of fused-ring (bicyclic) bond motifs is 2. The maximum Gasteiger partial charge on any atom is 0.326 e. The Kier molecular flexibility index (Phi) is 3.79. The number of aromatic amines is 1. The van der Waals surface area contributed by atoms with Gasteiger partial charge in [0.05, 0.1) is 0 Å². The average molecular weight is 326 g/mol. The summed E-state index contributed by atoms with van der Waals surface area (Å²) in [5.41, 5.74) is 1.91. The van der Waals surface area contributed by atoms with Crippen LogP contribution in [0.3, 0.4) is 0 Å². The molecule has 0 spiro atoms. The van der Waals surface area contributed by atoms with Crippen molar-refractivity contribution in [2.45, 2.75) is 38.1 Å². The van der Waals surface area contributed by atoms with Gasteiger partial charge in [0.2, 0.25) is 5.91 Å². The topological polar surface area (TPSA) is 82.2 Å². The number of carbonyl (C=O) groups excluding carboxylic acids is 1. The van der Waals surface area contributed by atoms with E-state index in [1.54, 1.807) is 0 Å². The van der Waals surface area contributed by atoms with Crippen LogP contribution in [0.15, 0.2) is 30.5 Å². The lowest BCUT2D eigenvalue weighted by molar-refractivity contribution is -0.142. The Labute approximate surface area is 140 Å². The van der Waals surface area contributed by atoms with Crippen LogP contribution >= 0.6 is 0 Å². The van der Waals surface area contributed by atoms with E-state index in [4.69, 9.17) is 0 Å². The number of carboxylic acid groups (broad SMARTS) is 1. The van der Waals surface area contributed by atoms with Crippen LogP contribution in [0.5, 0.6) is 0 Å². The summed E-state index contributed by atoms with van der Waals surface area (Å²) in [6.45, 7) is 0. The summed E-state index contributed by atoms with van der Waals surface area (Å²) in [4.78, 5) is 27.3. The van der Waals surface area contributed by atoms with Gasteiger partial charge in [-0.05, 0) is 36.3 Å². The molecule has 3 atom stereocenters. The van der Waals surface area contributed by atoms with E-state index in [9.17, 15) is 14.7 Å². The molecule has 1 amide bonds. The van der Waals surface area contributed by atoms with E-state index < -0.39 is 12.0 Å². The number of amides is 1. The maximum absolute atomic E-state index is 12.5. The van der Waals surface area contributed by atoms with E-state index in [1.807, 2.05) is 30.5 Å². The highest BCUT2D eigenvalue weighted by atomic mass is 16.4. The first-order chi connectivity index (χ1) is 11.6. The van der Waals surface area contributed by atoms with Gasteiger partial charge in [0.15, 0.2) is 0 Å². The lowest BCUT2D eigenvalue weighted by Crippen LogP contribution is -2.43. The van der Waals surface area contributed by atoms with Gasteiger partial charge in [-0.15, -0.1) is 0 Å². The molecule has 0 saturated heterocycles. The number of para-hydroxylation sites is 1. The van der Waals surface area contributed by atoms with E-state index in [-0.39, 0.29) is 11.8 Å². The van der Waals surface area contributed by atoms with Crippen molar-refractivity contribution in [3.63, 3.8) is 0 Å². The number of carboxylic acids is 1. The van der Waals surface area contributed by atoms with E-state index in [0.717, 1.165) is 29.3 Å². The fourth-order valence-electron chi connectivity index (χ4n) is 4.37. The smallest absolute Gasteiger partial charge is 0.326 e. The number of hydrogen-bond acceptors (Lipinski definition) is 2. The first kappa shape index (κ1) is 15.2. The van der Waals surface area contributed by atoms with Crippen LogP contribution in [0, 0.1) is 17.8 Å². The van der Waals surface area contributed by atoms with Crippen LogP contribution in [0.4, 0.5) is 0 Å². The second-order valence-electron chi connectivity index (χ2n) is 7.10. The third-order valence-corrected chi connectivity index (χ3v) is 5.67. The average Bonchev–Trinajstić information content (AvgIpc) is 3.19. The molecule has 2 aliphatic rings. The van der Waals surface area contributed by atoms with E-state index >= 15 is 0 Å². The number of nitrogens with one attached hydrogen (secondary N) is 2. The Morgan fingerprint density at radius 2 is 1.92 bits per heavy atom. The predicted molar refractivity (Wildman–Crippen MR) is 90.5 cm³/mol. The molecule has 1 aromatic heterocycles. The molecule has 3 N–H and O–H groups in total. The molecule has 24 heavy (non-hydrogen) atoms. The Hall–Kier alpha value is -2.30. The highest BCUT2D eigenvalue weighted by Gasteiger charge is 2.55. The molecule has 126 valence electrons. The van der Waals surface area contributed by atoms with Gasteiger partial charge < -0.3 is 15.4 Å². The minimum atomic E-state index is -0.975. The molecular weight excluding hydrogens is 304 g/mol. The number of rotatable bonds is 5. The molecule has 3 unspecified atom stereocenters. The van der Waals surface area contributed by atoms with Gasteiger partial charge in [0, 0.05) is 29.4 Å². The lowest BCUT2D eigenvalue weighted by Gasteiger charge is -2.14. The minimum absolute atomic E-state index is 0.0392. The Morgan fingerprint density at radius 3 is 2.62 bits per heavy atom. The molecule has 2 fully saturated rings. The lowest BCUT2D eigenvalue weighted by atomic mass is 10.0. The molecule has 1 heterocycles. The molecule has 1 aromatic carbocycles. The molecule has 2 saturated carbocycles. The molecule has 2 aliphatic carbocycles. The standard InChI is InChI=1S/C19H22N2O3/c22-18(17-13-6-1-2-7-14(13)17)21-16(19(23)24)9-11-10-20-15-8-4-3-5-12(11)15/h3-5,8,10,13-14,16-17,20H,1-2,6-7,9H2,(H,21,22)(H,23,24). The SMILES string of the molecule is O=C(O)C(Cc1c[nH]c2ccccc12)NC(=O)C1C2CCCCC21. The van der Waals surface area contributed by atoms with Crippen LogP contribution in [0.2, 0.25) is 0 Å². The van der Waals surface area contributed by atoms with Crippen molar-refractivity contribution in [2.24, 2.45) is 17.8 Å². The third kappa shape index (κ3) is 2.68. The number of carbonyl (C=O) groups is 2. The maximum atomic E-state index is 12.5. The molecule has 5 nitrogen and oxygen atoms in total. The number of hydrogen-bond donors (Lipinski definition) is 3. The van der Waals surface area contributed by atoms with Crippen molar-refractivity contribution in [1.82, 2.24) is 10.3 Å². The van der Waals surface area contributed by atoms with Gasteiger partial charge in [-0.25, -0.2) is 4.79 Å². The van der Waals surface area contributed by atoms with Gasteiger partial charge in [0.25, 0.3) is 0 Å². The van der Waals surface area contributed by atoms with Crippen LogP contribution in [-0.2, 0) is 16.0 Å². The fourth-order valence-corrected chi connectivity index (χ4v) is 4.37. The zero-order valence-electron chi connectivity index (χ0n) is 13.5. The third-order valence-electron chi connectivity index (χ3n) is 5.67. The van der Waals surface area contributed by atoms with Crippen molar-refractivity contribution >= 4 is 22.8 Å². The van der Waals surface area contributed by atoms with Gasteiger partial charge >= 0.3 is 5.97 Å². The molecule has 4 rings (SSSR count). The summed E-state index contributed by atoms with van der Waals surface area (Å²) in [6.07, 6.45) is 6.76. The summed E-state index contributed by atoms with van der Waals surface area (Å²) in [5, 5.41) is 13.3. The van der Waals surface area contributed by atoms with Gasteiger partial charge in [0.1, 0.15) is 6.04 Å². The normalized spacial score (nSPS) is 26.6. The number of aromatic nitrogens is 1. The van der Waals surface area contributed by atoms with Crippen molar-refractivity contribution in [3.8, 4) is 0 Å². The Morgan fingerprint density at radius 1 is 1.21 bits per heavy atom. The quantitative estimate of drug-likeness (QED) is 0.790. The summed E-state index contributed by atoms with van der Waals surface area (Å²) in [5.74, 6) is -0.0312. The molecule has 0 aliphatic heterocycles. The van der Waals surface area contributed by atoms with E-state index in [1.165, 1.54) is 12.8 Å². The summed E-state index contributed by atoms with van der Waals surface area (Å²) >= 11 is 0. The van der Waals surface area contributed by atoms with E-state index in [2.05, 4.69) is 10.3 Å². The zero-order valence-corrected chi connectivity index (χ0v) is 13.5. The molecule has 5 heteroatoms. The second kappa shape index (κ2) is 5.96. The van der Waals surface area contributed by atoms with Crippen molar-refractivity contribution < 1.29 is 14.7 Å². The van der Waals surface area contributed by atoms with Crippen LogP contribution < -0.4 is 5.32 Å².